The highest BCUT2D eigenvalue weighted by molar-refractivity contribution is 7.91. The van der Waals surface area contributed by atoms with Crippen LogP contribution in [0.2, 0.25) is 5.02 Å². The summed E-state index contributed by atoms with van der Waals surface area (Å²) in [5, 5.41) is 8.78. The lowest BCUT2D eigenvalue weighted by atomic mass is 9.99. The molecule has 0 radical (unpaired) electrons. The number of nitrogens with zero attached hydrogens (tertiary/aromatic N) is 4. The summed E-state index contributed by atoms with van der Waals surface area (Å²) < 4.78 is 33.0. The minimum Gasteiger partial charge on any atom is -0.339 e. The van der Waals surface area contributed by atoms with Gasteiger partial charge in [0, 0.05) is 36.7 Å². The molecule has 164 valence electrons. The van der Waals surface area contributed by atoms with Gasteiger partial charge in [0.05, 0.1) is 10.9 Å². The zero-order valence-electron chi connectivity index (χ0n) is 16.6. The van der Waals surface area contributed by atoms with E-state index in [4.69, 9.17) is 16.1 Å². The number of anilines is 1. The Balaban J connectivity index is 1.47. The summed E-state index contributed by atoms with van der Waals surface area (Å²) in [4.78, 5) is 20.9. The number of aryl methyl sites for hydroxylation is 1. The van der Waals surface area contributed by atoms with E-state index in [1.165, 1.54) is 10.5 Å². The van der Waals surface area contributed by atoms with Crippen LogP contribution >= 0.6 is 22.9 Å². The SMILES string of the molecule is CCc1nc(-c2csc(S(=O)(=O)N3CCCC(C(=O)Nc4ccc(Cl)cn4)C3)c2)no1. The van der Waals surface area contributed by atoms with E-state index in [-0.39, 0.29) is 16.7 Å². The lowest BCUT2D eigenvalue weighted by Crippen LogP contribution is -2.43. The van der Waals surface area contributed by atoms with Gasteiger partial charge in [0.1, 0.15) is 10.0 Å². The van der Waals surface area contributed by atoms with Gasteiger partial charge < -0.3 is 9.84 Å². The third-order valence-electron chi connectivity index (χ3n) is 4.93. The average molecular weight is 482 g/mol. The Labute approximate surface area is 188 Å². The molecule has 1 aliphatic heterocycles. The molecule has 0 aromatic carbocycles. The Hall–Kier alpha value is -2.34. The molecule has 1 aliphatic rings. The summed E-state index contributed by atoms with van der Waals surface area (Å²) in [6.45, 7) is 2.37. The van der Waals surface area contributed by atoms with Crippen LogP contribution in [-0.4, -0.2) is 46.8 Å². The lowest BCUT2D eigenvalue weighted by Gasteiger charge is -2.30. The fourth-order valence-electron chi connectivity index (χ4n) is 3.26. The van der Waals surface area contributed by atoms with Crippen LogP contribution in [0.4, 0.5) is 5.82 Å². The molecule has 0 spiro atoms. The first-order valence-electron chi connectivity index (χ1n) is 9.71. The van der Waals surface area contributed by atoms with Crippen LogP contribution in [0, 0.1) is 5.92 Å². The van der Waals surface area contributed by atoms with Crippen LogP contribution < -0.4 is 5.32 Å². The molecule has 9 nitrogen and oxygen atoms in total. The summed E-state index contributed by atoms with van der Waals surface area (Å²) in [7, 11) is -3.74. The fraction of sp³-hybridized carbons (Fsp3) is 0.368. The van der Waals surface area contributed by atoms with Crippen molar-refractivity contribution in [2.75, 3.05) is 18.4 Å². The molecule has 3 aromatic rings. The first-order chi connectivity index (χ1) is 14.9. The predicted octanol–water partition coefficient (Wildman–Crippen LogP) is 3.45. The number of carbonyl (C=O) groups is 1. The molecule has 1 unspecified atom stereocenters. The standard InChI is InChI=1S/C19H20ClN5O4S2/c1-2-16-23-18(24-29-16)13-8-17(30-11-13)31(27,28)25-7-3-4-12(10-25)19(26)22-15-6-5-14(20)9-21-15/h5-6,8-9,11-12H,2-4,7,10H2,1H3,(H,21,22,26). The highest BCUT2D eigenvalue weighted by Crippen LogP contribution is 2.31. The van der Waals surface area contributed by atoms with Gasteiger partial charge in [-0.3, -0.25) is 4.79 Å². The van der Waals surface area contributed by atoms with Crippen molar-refractivity contribution >= 4 is 44.7 Å². The van der Waals surface area contributed by atoms with E-state index in [2.05, 4.69) is 20.4 Å². The molecule has 1 atom stereocenters. The van der Waals surface area contributed by atoms with Gasteiger partial charge in [0.25, 0.3) is 10.0 Å². The number of sulfonamides is 1. The first kappa shape index (κ1) is 21.9. The second-order valence-electron chi connectivity index (χ2n) is 7.07. The van der Waals surface area contributed by atoms with Gasteiger partial charge in [-0.15, -0.1) is 11.3 Å². The summed E-state index contributed by atoms with van der Waals surface area (Å²) in [6.07, 6.45) is 3.24. The maximum Gasteiger partial charge on any atom is 0.252 e. The van der Waals surface area contributed by atoms with Crippen molar-refractivity contribution in [3.05, 3.63) is 40.7 Å². The minimum atomic E-state index is -3.74. The Morgan fingerprint density at radius 3 is 2.97 bits per heavy atom. The van der Waals surface area contributed by atoms with Gasteiger partial charge in [-0.25, -0.2) is 13.4 Å². The largest absolute Gasteiger partial charge is 0.339 e. The Morgan fingerprint density at radius 2 is 2.26 bits per heavy atom. The molecule has 3 aromatic heterocycles. The summed E-state index contributed by atoms with van der Waals surface area (Å²) >= 11 is 6.91. The molecule has 1 saturated heterocycles. The highest BCUT2D eigenvalue weighted by Gasteiger charge is 2.34. The molecular weight excluding hydrogens is 462 g/mol. The third kappa shape index (κ3) is 4.79. The van der Waals surface area contributed by atoms with Crippen LogP contribution in [0.3, 0.4) is 0 Å². The second-order valence-corrected chi connectivity index (χ2v) is 10.6. The number of amides is 1. The van der Waals surface area contributed by atoms with E-state index < -0.39 is 15.9 Å². The Kier molecular flexibility index (Phi) is 6.37. The van der Waals surface area contributed by atoms with Crippen molar-refractivity contribution < 1.29 is 17.7 Å². The molecule has 31 heavy (non-hydrogen) atoms. The van der Waals surface area contributed by atoms with Crippen LogP contribution in [0.25, 0.3) is 11.4 Å². The van der Waals surface area contributed by atoms with Gasteiger partial charge in [0.15, 0.2) is 0 Å². The van der Waals surface area contributed by atoms with Gasteiger partial charge in [0.2, 0.25) is 17.6 Å². The van der Waals surface area contributed by atoms with Gasteiger partial charge in [-0.2, -0.15) is 9.29 Å². The summed E-state index contributed by atoms with van der Waals surface area (Å²) in [5.74, 6) is 0.501. The quantitative estimate of drug-likeness (QED) is 0.572. The van der Waals surface area contributed by atoms with Crippen LogP contribution in [0.15, 0.2) is 38.5 Å². The third-order valence-corrected chi connectivity index (χ3v) is 8.44. The molecule has 1 fully saturated rings. The number of hydrogen-bond acceptors (Lipinski definition) is 8. The van der Waals surface area contributed by atoms with Gasteiger partial charge in [-0.05, 0) is 31.0 Å². The number of pyridine rings is 1. The van der Waals surface area contributed by atoms with E-state index in [0.29, 0.717) is 53.9 Å². The van der Waals surface area contributed by atoms with Crippen molar-refractivity contribution in [3.8, 4) is 11.4 Å². The molecule has 1 N–H and O–H groups in total. The molecule has 1 amide bonds. The van der Waals surface area contributed by atoms with Crippen molar-refractivity contribution in [2.24, 2.45) is 5.92 Å². The molecule has 0 bridgehead atoms. The number of halogens is 1. The summed E-state index contributed by atoms with van der Waals surface area (Å²) in [5.41, 5.74) is 0.590. The fourth-order valence-corrected chi connectivity index (χ4v) is 6.21. The van der Waals surface area contributed by atoms with Crippen molar-refractivity contribution in [1.82, 2.24) is 19.4 Å². The maximum atomic E-state index is 13.2. The van der Waals surface area contributed by atoms with E-state index in [9.17, 15) is 13.2 Å². The zero-order chi connectivity index (χ0) is 22.0. The number of hydrogen-bond donors (Lipinski definition) is 1. The van der Waals surface area contributed by atoms with Gasteiger partial charge in [-0.1, -0.05) is 23.7 Å². The number of carbonyl (C=O) groups excluding carboxylic acids is 1. The molecule has 0 aliphatic carbocycles. The molecule has 0 saturated carbocycles. The van der Waals surface area contributed by atoms with E-state index in [0.717, 1.165) is 11.3 Å². The van der Waals surface area contributed by atoms with Crippen molar-refractivity contribution in [3.63, 3.8) is 0 Å². The predicted molar refractivity (Wildman–Crippen MR) is 116 cm³/mol. The monoisotopic (exact) mass is 481 g/mol. The normalized spacial score (nSPS) is 17.5. The topological polar surface area (TPSA) is 118 Å². The van der Waals surface area contributed by atoms with E-state index >= 15 is 0 Å². The number of nitrogens with one attached hydrogen (secondary N) is 1. The highest BCUT2D eigenvalue weighted by atomic mass is 35.5. The first-order valence-corrected chi connectivity index (χ1v) is 12.4. The zero-order valence-corrected chi connectivity index (χ0v) is 19.0. The van der Waals surface area contributed by atoms with Crippen molar-refractivity contribution in [1.29, 1.82) is 0 Å². The van der Waals surface area contributed by atoms with Crippen molar-refractivity contribution in [2.45, 2.75) is 30.4 Å². The molecular formula is C19H20ClN5O4S2. The van der Waals surface area contributed by atoms with Crippen LogP contribution in [-0.2, 0) is 21.2 Å². The van der Waals surface area contributed by atoms with E-state index in [1.807, 2.05) is 6.92 Å². The second kappa shape index (κ2) is 9.03. The molecule has 4 heterocycles. The number of rotatable bonds is 6. The van der Waals surface area contributed by atoms with Crippen LogP contribution in [0.1, 0.15) is 25.7 Å². The smallest absolute Gasteiger partial charge is 0.252 e. The van der Waals surface area contributed by atoms with E-state index in [1.54, 1.807) is 23.6 Å². The van der Waals surface area contributed by atoms with Gasteiger partial charge >= 0.3 is 0 Å². The minimum absolute atomic E-state index is 0.108. The lowest BCUT2D eigenvalue weighted by molar-refractivity contribution is -0.120. The maximum absolute atomic E-state index is 13.2. The molecule has 12 heteroatoms. The molecule has 4 rings (SSSR count). The Morgan fingerprint density at radius 1 is 1.42 bits per heavy atom. The Bertz CT molecular complexity index is 1180. The average Bonchev–Trinajstić information content (AvgIpc) is 3.45. The number of aromatic nitrogens is 3. The number of thiophene rings is 1. The summed E-state index contributed by atoms with van der Waals surface area (Å²) in [6, 6.07) is 4.78. The van der Waals surface area contributed by atoms with Crippen LogP contribution in [0.5, 0.6) is 0 Å². The number of piperidine rings is 1.